The molecule has 1 aromatic heterocycles. The van der Waals surface area contributed by atoms with E-state index in [0.717, 1.165) is 23.6 Å². The maximum atomic E-state index is 11.7. The summed E-state index contributed by atoms with van der Waals surface area (Å²) >= 11 is 0. The number of nitrogens with zero attached hydrogens (tertiary/aromatic N) is 3. The van der Waals surface area contributed by atoms with Crippen molar-refractivity contribution in [2.24, 2.45) is 5.92 Å². The molecule has 2 aliphatic heterocycles. The molecule has 0 bridgehead atoms. The Morgan fingerprint density at radius 2 is 2.18 bits per heavy atom. The summed E-state index contributed by atoms with van der Waals surface area (Å²) < 4.78 is 2.10. The zero-order chi connectivity index (χ0) is 12.2. The Balaban J connectivity index is 2.04. The van der Waals surface area contributed by atoms with Gasteiger partial charge in [-0.1, -0.05) is 20.8 Å². The van der Waals surface area contributed by atoms with E-state index in [2.05, 4.69) is 40.9 Å². The van der Waals surface area contributed by atoms with Crippen LogP contribution in [0.2, 0.25) is 0 Å². The molecule has 1 N–H and O–H groups in total. The monoisotopic (exact) mass is 232 g/mol. The summed E-state index contributed by atoms with van der Waals surface area (Å²) in [6, 6.07) is 0. The quantitative estimate of drug-likeness (QED) is 0.718. The standard InChI is InChI=1S/C12H16N4O/c1-12(2,3)11-15-14-9-4-7-5-13-10(17)8(7)6-16(9)11/h5,8H,4,6H2,1-3H3,(H,13,17). The third-order valence-corrected chi connectivity index (χ3v) is 3.39. The molecule has 0 saturated carbocycles. The molecule has 1 aromatic rings. The van der Waals surface area contributed by atoms with Gasteiger partial charge in [-0.15, -0.1) is 10.2 Å². The molecule has 17 heavy (non-hydrogen) atoms. The van der Waals surface area contributed by atoms with Gasteiger partial charge < -0.3 is 9.88 Å². The van der Waals surface area contributed by atoms with E-state index in [4.69, 9.17) is 0 Å². The summed E-state index contributed by atoms with van der Waals surface area (Å²) in [6.07, 6.45) is 2.55. The number of rotatable bonds is 0. The molecule has 0 spiro atoms. The number of aromatic nitrogens is 3. The lowest BCUT2D eigenvalue weighted by Gasteiger charge is -2.25. The summed E-state index contributed by atoms with van der Waals surface area (Å²) in [5, 5.41) is 11.3. The van der Waals surface area contributed by atoms with E-state index in [1.807, 2.05) is 6.20 Å². The van der Waals surface area contributed by atoms with Crippen molar-refractivity contribution in [1.82, 2.24) is 20.1 Å². The van der Waals surface area contributed by atoms with Gasteiger partial charge in [-0.2, -0.15) is 0 Å². The minimum absolute atomic E-state index is 0.0281. The highest BCUT2D eigenvalue weighted by Crippen LogP contribution is 2.31. The highest BCUT2D eigenvalue weighted by Gasteiger charge is 2.36. The number of fused-ring (bicyclic) bond motifs is 2. The van der Waals surface area contributed by atoms with Crippen molar-refractivity contribution in [3.8, 4) is 0 Å². The number of carbonyl (C=O) groups is 1. The van der Waals surface area contributed by atoms with Gasteiger partial charge in [0, 0.05) is 24.6 Å². The minimum atomic E-state index is -0.0401. The molecular formula is C12H16N4O. The second kappa shape index (κ2) is 3.18. The van der Waals surface area contributed by atoms with Gasteiger partial charge in [0.1, 0.15) is 11.6 Å². The molecule has 0 saturated heterocycles. The molecule has 2 aliphatic rings. The van der Waals surface area contributed by atoms with Gasteiger partial charge in [0.05, 0.1) is 5.92 Å². The maximum absolute atomic E-state index is 11.7. The second-order valence-electron chi connectivity index (χ2n) is 5.76. The van der Waals surface area contributed by atoms with Crippen molar-refractivity contribution in [1.29, 1.82) is 0 Å². The van der Waals surface area contributed by atoms with E-state index in [9.17, 15) is 4.79 Å². The van der Waals surface area contributed by atoms with Crippen LogP contribution in [0, 0.1) is 5.92 Å². The van der Waals surface area contributed by atoms with Gasteiger partial charge in [0.25, 0.3) is 0 Å². The van der Waals surface area contributed by atoms with Crippen LogP contribution < -0.4 is 5.32 Å². The number of nitrogens with one attached hydrogen (secondary N) is 1. The first-order valence-corrected chi connectivity index (χ1v) is 5.88. The lowest BCUT2D eigenvalue weighted by Crippen LogP contribution is -2.31. The zero-order valence-electron chi connectivity index (χ0n) is 10.3. The highest BCUT2D eigenvalue weighted by atomic mass is 16.2. The first-order chi connectivity index (χ1) is 7.97. The summed E-state index contributed by atoms with van der Waals surface area (Å²) in [7, 11) is 0. The van der Waals surface area contributed by atoms with Gasteiger partial charge in [0.15, 0.2) is 0 Å². The van der Waals surface area contributed by atoms with Crippen LogP contribution in [0.15, 0.2) is 11.8 Å². The highest BCUT2D eigenvalue weighted by molar-refractivity contribution is 5.85. The zero-order valence-corrected chi connectivity index (χ0v) is 10.3. The lowest BCUT2D eigenvalue weighted by molar-refractivity contribution is -0.122. The predicted octanol–water partition coefficient (Wildman–Crippen LogP) is 0.762. The molecule has 3 rings (SSSR count). The lowest BCUT2D eigenvalue weighted by atomic mass is 9.92. The number of carbonyl (C=O) groups excluding carboxylic acids is 1. The number of hydrogen-bond acceptors (Lipinski definition) is 3. The molecule has 5 heteroatoms. The van der Waals surface area contributed by atoms with Gasteiger partial charge >= 0.3 is 0 Å². The fourth-order valence-corrected chi connectivity index (χ4v) is 2.49. The smallest absolute Gasteiger partial charge is 0.233 e. The van der Waals surface area contributed by atoms with Crippen LogP contribution in [0.4, 0.5) is 0 Å². The van der Waals surface area contributed by atoms with Gasteiger partial charge in [-0.3, -0.25) is 4.79 Å². The molecule has 90 valence electrons. The molecule has 1 unspecified atom stereocenters. The van der Waals surface area contributed by atoms with Crippen LogP contribution in [0.3, 0.4) is 0 Å². The van der Waals surface area contributed by atoms with Gasteiger partial charge in [0.2, 0.25) is 5.91 Å². The van der Waals surface area contributed by atoms with E-state index in [1.165, 1.54) is 0 Å². The van der Waals surface area contributed by atoms with Crippen LogP contribution >= 0.6 is 0 Å². The van der Waals surface area contributed by atoms with Crippen molar-refractivity contribution in [3.63, 3.8) is 0 Å². The first kappa shape index (κ1) is 10.5. The van der Waals surface area contributed by atoms with Crippen LogP contribution in [0.5, 0.6) is 0 Å². The second-order valence-corrected chi connectivity index (χ2v) is 5.76. The Hall–Kier alpha value is -1.65. The van der Waals surface area contributed by atoms with Crippen molar-refractivity contribution in [3.05, 3.63) is 23.4 Å². The normalized spacial score (nSPS) is 22.9. The Bertz CT molecular complexity index is 521. The Morgan fingerprint density at radius 1 is 1.41 bits per heavy atom. The fraction of sp³-hybridized carbons (Fsp3) is 0.583. The predicted molar refractivity (Wildman–Crippen MR) is 62.1 cm³/mol. The molecule has 1 amide bonds. The summed E-state index contributed by atoms with van der Waals surface area (Å²) in [5.74, 6) is 2.00. The molecule has 0 aliphatic carbocycles. The molecule has 0 radical (unpaired) electrons. The summed E-state index contributed by atoms with van der Waals surface area (Å²) in [5.41, 5.74) is 1.09. The van der Waals surface area contributed by atoms with Crippen LogP contribution in [0.25, 0.3) is 0 Å². The van der Waals surface area contributed by atoms with Crippen LogP contribution in [-0.2, 0) is 23.2 Å². The van der Waals surface area contributed by atoms with E-state index in [-0.39, 0.29) is 17.2 Å². The average molecular weight is 232 g/mol. The third-order valence-electron chi connectivity index (χ3n) is 3.39. The topological polar surface area (TPSA) is 59.8 Å². The molecular weight excluding hydrogens is 216 g/mol. The minimum Gasteiger partial charge on any atom is -0.332 e. The van der Waals surface area contributed by atoms with Crippen LogP contribution in [0.1, 0.15) is 32.4 Å². The number of amides is 1. The molecule has 5 nitrogen and oxygen atoms in total. The molecule has 3 heterocycles. The molecule has 0 aromatic carbocycles. The first-order valence-electron chi connectivity index (χ1n) is 5.88. The maximum Gasteiger partial charge on any atom is 0.233 e. The van der Waals surface area contributed by atoms with Crippen molar-refractivity contribution < 1.29 is 4.79 Å². The van der Waals surface area contributed by atoms with Gasteiger partial charge in [-0.25, -0.2) is 0 Å². The van der Waals surface area contributed by atoms with Crippen molar-refractivity contribution >= 4 is 5.91 Å². The van der Waals surface area contributed by atoms with E-state index in [0.29, 0.717) is 6.54 Å². The van der Waals surface area contributed by atoms with Crippen molar-refractivity contribution in [2.45, 2.75) is 39.2 Å². The van der Waals surface area contributed by atoms with Crippen molar-refractivity contribution in [2.75, 3.05) is 0 Å². The average Bonchev–Trinajstić information content (AvgIpc) is 2.79. The Labute approximate surface area is 99.9 Å². The fourth-order valence-electron chi connectivity index (χ4n) is 2.49. The Kier molecular flexibility index (Phi) is 1.97. The van der Waals surface area contributed by atoms with Crippen LogP contribution in [-0.4, -0.2) is 20.7 Å². The summed E-state index contributed by atoms with van der Waals surface area (Å²) in [6.45, 7) is 7.02. The molecule has 0 fully saturated rings. The number of hydrogen-bond donors (Lipinski definition) is 1. The van der Waals surface area contributed by atoms with E-state index in [1.54, 1.807) is 0 Å². The third kappa shape index (κ3) is 1.49. The SMILES string of the molecule is CC(C)(C)c1nnc2n1CC1C(=O)NC=C1C2. The van der Waals surface area contributed by atoms with E-state index >= 15 is 0 Å². The Morgan fingerprint density at radius 3 is 2.88 bits per heavy atom. The largest absolute Gasteiger partial charge is 0.332 e. The summed E-state index contributed by atoms with van der Waals surface area (Å²) in [4.78, 5) is 11.7. The van der Waals surface area contributed by atoms with E-state index < -0.39 is 0 Å². The molecule has 1 atom stereocenters. The van der Waals surface area contributed by atoms with Gasteiger partial charge in [-0.05, 0) is 5.57 Å².